The molecule has 0 spiro atoms. The SMILES string of the molecule is CC(C)CC(NC(=O)C1CCNCC1)c1ccc(Cl)cc1. The van der Waals surface area contributed by atoms with Crippen LogP contribution in [-0.2, 0) is 4.79 Å². The molecule has 1 amide bonds. The van der Waals surface area contributed by atoms with E-state index in [0.717, 1.165) is 42.9 Å². The van der Waals surface area contributed by atoms with E-state index in [1.54, 1.807) is 0 Å². The molecular weight excluding hydrogens is 284 g/mol. The molecule has 3 nitrogen and oxygen atoms in total. The van der Waals surface area contributed by atoms with Crippen molar-refractivity contribution in [1.29, 1.82) is 0 Å². The number of benzene rings is 1. The van der Waals surface area contributed by atoms with Crippen LogP contribution in [0.15, 0.2) is 24.3 Å². The van der Waals surface area contributed by atoms with Crippen molar-refractivity contribution < 1.29 is 4.79 Å². The number of hydrogen-bond acceptors (Lipinski definition) is 2. The summed E-state index contributed by atoms with van der Waals surface area (Å²) in [6, 6.07) is 7.88. The molecule has 2 N–H and O–H groups in total. The zero-order chi connectivity index (χ0) is 15.2. The molecule has 1 aliphatic rings. The van der Waals surface area contributed by atoms with Crippen LogP contribution in [0.25, 0.3) is 0 Å². The predicted octanol–water partition coefficient (Wildman–Crippen LogP) is 3.54. The van der Waals surface area contributed by atoms with E-state index in [1.807, 2.05) is 24.3 Å². The van der Waals surface area contributed by atoms with Gasteiger partial charge in [-0.05, 0) is 56.0 Å². The normalized spacial score (nSPS) is 17.7. The van der Waals surface area contributed by atoms with E-state index in [2.05, 4.69) is 24.5 Å². The third kappa shape index (κ3) is 5.01. The highest BCUT2D eigenvalue weighted by atomic mass is 35.5. The molecule has 0 aromatic heterocycles. The fourth-order valence-electron chi connectivity index (χ4n) is 2.82. The van der Waals surface area contributed by atoms with Gasteiger partial charge in [0.1, 0.15) is 0 Å². The molecule has 1 unspecified atom stereocenters. The van der Waals surface area contributed by atoms with Crippen LogP contribution in [0.1, 0.15) is 44.7 Å². The van der Waals surface area contributed by atoms with E-state index >= 15 is 0 Å². The maximum atomic E-state index is 12.5. The van der Waals surface area contributed by atoms with E-state index < -0.39 is 0 Å². The lowest BCUT2D eigenvalue weighted by atomic mass is 9.93. The third-order valence-electron chi connectivity index (χ3n) is 4.01. The van der Waals surface area contributed by atoms with Gasteiger partial charge in [-0.15, -0.1) is 0 Å². The largest absolute Gasteiger partial charge is 0.349 e. The van der Waals surface area contributed by atoms with Crippen molar-refractivity contribution in [3.63, 3.8) is 0 Å². The minimum Gasteiger partial charge on any atom is -0.349 e. The minimum absolute atomic E-state index is 0.0738. The van der Waals surface area contributed by atoms with Gasteiger partial charge in [0, 0.05) is 10.9 Å². The molecule has 1 aromatic rings. The van der Waals surface area contributed by atoms with Crippen molar-refractivity contribution in [3.8, 4) is 0 Å². The average molecular weight is 309 g/mol. The Balaban J connectivity index is 2.05. The smallest absolute Gasteiger partial charge is 0.223 e. The molecule has 0 radical (unpaired) electrons. The summed E-state index contributed by atoms with van der Waals surface area (Å²) in [6.07, 6.45) is 2.81. The van der Waals surface area contributed by atoms with Gasteiger partial charge in [-0.3, -0.25) is 4.79 Å². The minimum atomic E-state index is 0.0738. The monoisotopic (exact) mass is 308 g/mol. The highest BCUT2D eigenvalue weighted by Gasteiger charge is 2.24. The second-order valence-electron chi connectivity index (χ2n) is 6.27. The van der Waals surface area contributed by atoms with Crippen molar-refractivity contribution in [1.82, 2.24) is 10.6 Å². The predicted molar refractivity (Wildman–Crippen MR) is 87.4 cm³/mol. The third-order valence-corrected chi connectivity index (χ3v) is 4.26. The van der Waals surface area contributed by atoms with Crippen LogP contribution in [0.4, 0.5) is 0 Å². The van der Waals surface area contributed by atoms with Crippen LogP contribution in [0.5, 0.6) is 0 Å². The summed E-state index contributed by atoms with van der Waals surface area (Å²) in [6.45, 7) is 6.24. The first kappa shape index (κ1) is 16.3. The second kappa shape index (κ2) is 7.81. The van der Waals surface area contributed by atoms with Gasteiger partial charge in [0.05, 0.1) is 6.04 Å². The van der Waals surface area contributed by atoms with Crippen LogP contribution in [-0.4, -0.2) is 19.0 Å². The van der Waals surface area contributed by atoms with Crippen molar-refractivity contribution in [2.75, 3.05) is 13.1 Å². The van der Waals surface area contributed by atoms with Crippen molar-refractivity contribution in [2.24, 2.45) is 11.8 Å². The van der Waals surface area contributed by atoms with E-state index in [-0.39, 0.29) is 17.9 Å². The zero-order valence-electron chi connectivity index (χ0n) is 12.9. The first-order chi connectivity index (χ1) is 10.1. The van der Waals surface area contributed by atoms with Crippen molar-refractivity contribution >= 4 is 17.5 Å². The van der Waals surface area contributed by atoms with E-state index in [9.17, 15) is 4.79 Å². The van der Waals surface area contributed by atoms with Crippen molar-refractivity contribution in [2.45, 2.75) is 39.2 Å². The van der Waals surface area contributed by atoms with Crippen LogP contribution >= 0.6 is 11.6 Å². The first-order valence-electron chi connectivity index (χ1n) is 7.83. The Bertz CT molecular complexity index is 452. The Labute approximate surface area is 132 Å². The highest BCUT2D eigenvalue weighted by molar-refractivity contribution is 6.30. The molecule has 1 heterocycles. The highest BCUT2D eigenvalue weighted by Crippen LogP contribution is 2.24. The number of amides is 1. The maximum absolute atomic E-state index is 12.5. The molecule has 1 atom stereocenters. The lowest BCUT2D eigenvalue weighted by Crippen LogP contribution is -2.40. The number of hydrogen-bond donors (Lipinski definition) is 2. The van der Waals surface area contributed by atoms with Crippen LogP contribution in [0.3, 0.4) is 0 Å². The standard InChI is InChI=1S/C17H25ClN2O/c1-12(2)11-16(13-3-5-15(18)6-4-13)20-17(21)14-7-9-19-10-8-14/h3-6,12,14,16,19H,7-11H2,1-2H3,(H,20,21). The lowest BCUT2D eigenvalue weighted by Gasteiger charge is -2.26. The van der Waals surface area contributed by atoms with Gasteiger partial charge in [0.15, 0.2) is 0 Å². The van der Waals surface area contributed by atoms with Gasteiger partial charge in [-0.1, -0.05) is 37.6 Å². The number of carbonyl (C=O) groups is 1. The molecule has 1 aliphatic heterocycles. The van der Waals surface area contributed by atoms with Gasteiger partial charge in [0.2, 0.25) is 5.91 Å². The first-order valence-corrected chi connectivity index (χ1v) is 8.20. The van der Waals surface area contributed by atoms with Crippen molar-refractivity contribution in [3.05, 3.63) is 34.9 Å². The molecule has 1 saturated heterocycles. The van der Waals surface area contributed by atoms with E-state index in [1.165, 1.54) is 0 Å². The number of rotatable bonds is 5. The molecule has 0 bridgehead atoms. The average Bonchev–Trinajstić information content (AvgIpc) is 2.48. The number of halogens is 1. The summed E-state index contributed by atoms with van der Waals surface area (Å²) in [5, 5.41) is 7.27. The molecule has 21 heavy (non-hydrogen) atoms. The lowest BCUT2D eigenvalue weighted by molar-refractivity contribution is -0.126. The van der Waals surface area contributed by atoms with Gasteiger partial charge < -0.3 is 10.6 Å². The molecule has 116 valence electrons. The van der Waals surface area contributed by atoms with Gasteiger partial charge >= 0.3 is 0 Å². The Hall–Kier alpha value is -1.06. The molecular formula is C17H25ClN2O. The summed E-state index contributed by atoms with van der Waals surface area (Å²) in [7, 11) is 0. The second-order valence-corrected chi connectivity index (χ2v) is 6.70. The van der Waals surface area contributed by atoms with E-state index in [0.29, 0.717) is 5.92 Å². The molecule has 0 saturated carbocycles. The van der Waals surface area contributed by atoms with Crippen LogP contribution in [0, 0.1) is 11.8 Å². The summed E-state index contributed by atoms with van der Waals surface area (Å²) < 4.78 is 0. The molecule has 0 aliphatic carbocycles. The molecule has 2 rings (SSSR count). The quantitative estimate of drug-likeness (QED) is 0.873. The Morgan fingerprint density at radius 2 is 1.90 bits per heavy atom. The van der Waals surface area contributed by atoms with Crippen LogP contribution < -0.4 is 10.6 Å². The summed E-state index contributed by atoms with van der Waals surface area (Å²) >= 11 is 5.96. The Morgan fingerprint density at radius 3 is 2.48 bits per heavy atom. The zero-order valence-corrected chi connectivity index (χ0v) is 13.6. The maximum Gasteiger partial charge on any atom is 0.223 e. The fourth-order valence-corrected chi connectivity index (χ4v) is 2.94. The summed E-state index contributed by atoms with van der Waals surface area (Å²) in [5.74, 6) is 0.865. The molecule has 1 fully saturated rings. The topological polar surface area (TPSA) is 41.1 Å². The number of carbonyl (C=O) groups excluding carboxylic acids is 1. The van der Waals surface area contributed by atoms with Gasteiger partial charge in [0.25, 0.3) is 0 Å². The Kier molecular flexibility index (Phi) is 6.07. The molecule has 1 aromatic carbocycles. The van der Waals surface area contributed by atoms with Gasteiger partial charge in [-0.25, -0.2) is 0 Å². The van der Waals surface area contributed by atoms with Gasteiger partial charge in [-0.2, -0.15) is 0 Å². The number of nitrogens with one attached hydrogen (secondary N) is 2. The molecule has 4 heteroatoms. The number of piperidine rings is 1. The van der Waals surface area contributed by atoms with Crippen LogP contribution in [0.2, 0.25) is 5.02 Å². The fraction of sp³-hybridized carbons (Fsp3) is 0.588. The Morgan fingerprint density at radius 1 is 1.29 bits per heavy atom. The summed E-state index contributed by atoms with van der Waals surface area (Å²) in [5.41, 5.74) is 1.13. The summed E-state index contributed by atoms with van der Waals surface area (Å²) in [4.78, 5) is 12.5. The van der Waals surface area contributed by atoms with E-state index in [4.69, 9.17) is 11.6 Å².